The zero-order chi connectivity index (χ0) is 13.0. The molecule has 2 saturated heterocycles. The van der Waals surface area contributed by atoms with Crippen LogP contribution in [0, 0.1) is 5.92 Å². The topological polar surface area (TPSA) is 18.5 Å². The van der Waals surface area contributed by atoms with E-state index < -0.39 is 0 Å². The summed E-state index contributed by atoms with van der Waals surface area (Å²) in [4.78, 5) is 5.25. The van der Waals surface area contributed by atoms with Crippen LogP contribution in [0.1, 0.15) is 39.5 Å². The molecule has 0 radical (unpaired) electrons. The molecule has 0 amide bonds. The van der Waals surface area contributed by atoms with Gasteiger partial charge in [0.05, 0.1) is 0 Å². The minimum atomic E-state index is 0.721. The fraction of sp³-hybridized carbons (Fsp3) is 1.00. The minimum absolute atomic E-state index is 0.721. The Morgan fingerprint density at radius 3 is 2.50 bits per heavy atom. The monoisotopic (exact) mass is 253 g/mol. The summed E-state index contributed by atoms with van der Waals surface area (Å²) in [5.41, 5.74) is 0. The number of likely N-dealkylation sites (tertiary alicyclic amines) is 1. The Morgan fingerprint density at radius 1 is 1.22 bits per heavy atom. The molecule has 2 aliphatic heterocycles. The molecule has 0 aliphatic carbocycles. The van der Waals surface area contributed by atoms with Crippen LogP contribution in [0.15, 0.2) is 0 Å². The van der Waals surface area contributed by atoms with E-state index in [1.807, 2.05) is 0 Å². The first kappa shape index (κ1) is 14.3. The van der Waals surface area contributed by atoms with Gasteiger partial charge in [-0.05, 0) is 78.7 Å². The molecule has 0 aromatic rings. The Morgan fingerprint density at radius 2 is 1.94 bits per heavy atom. The van der Waals surface area contributed by atoms with Crippen molar-refractivity contribution in [1.29, 1.82) is 0 Å². The van der Waals surface area contributed by atoms with Crippen molar-refractivity contribution in [3.05, 3.63) is 0 Å². The van der Waals surface area contributed by atoms with Crippen LogP contribution in [0.25, 0.3) is 0 Å². The summed E-state index contributed by atoms with van der Waals surface area (Å²) >= 11 is 0. The van der Waals surface area contributed by atoms with Crippen LogP contribution in [0.3, 0.4) is 0 Å². The molecular formula is C15H31N3. The highest BCUT2D eigenvalue weighted by molar-refractivity contribution is 4.82. The molecular weight excluding hydrogens is 222 g/mol. The Labute approximate surface area is 113 Å². The van der Waals surface area contributed by atoms with Crippen LogP contribution >= 0.6 is 0 Å². The van der Waals surface area contributed by atoms with Gasteiger partial charge in [-0.3, -0.25) is 0 Å². The Bertz CT molecular complexity index is 228. The van der Waals surface area contributed by atoms with Crippen LogP contribution in [0.4, 0.5) is 0 Å². The lowest BCUT2D eigenvalue weighted by Crippen LogP contribution is -2.47. The third-order valence-electron chi connectivity index (χ3n) is 4.80. The fourth-order valence-electron chi connectivity index (χ4n) is 3.48. The predicted molar refractivity (Wildman–Crippen MR) is 78.0 cm³/mol. The van der Waals surface area contributed by atoms with E-state index >= 15 is 0 Å². The highest BCUT2D eigenvalue weighted by Crippen LogP contribution is 2.19. The lowest BCUT2D eigenvalue weighted by molar-refractivity contribution is 0.0949. The van der Waals surface area contributed by atoms with Gasteiger partial charge < -0.3 is 15.1 Å². The van der Waals surface area contributed by atoms with Crippen LogP contribution < -0.4 is 5.32 Å². The summed E-state index contributed by atoms with van der Waals surface area (Å²) in [6, 6.07) is 1.54. The normalized spacial score (nSPS) is 28.2. The van der Waals surface area contributed by atoms with Gasteiger partial charge in [-0.15, -0.1) is 0 Å². The molecule has 0 aromatic heterocycles. The van der Waals surface area contributed by atoms with Crippen molar-refractivity contribution in [3.8, 4) is 0 Å². The van der Waals surface area contributed by atoms with Gasteiger partial charge in [0.25, 0.3) is 0 Å². The Kier molecular flexibility index (Phi) is 5.46. The molecule has 2 heterocycles. The van der Waals surface area contributed by atoms with Gasteiger partial charge in [-0.1, -0.05) is 0 Å². The van der Waals surface area contributed by atoms with E-state index in [9.17, 15) is 0 Å². The van der Waals surface area contributed by atoms with E-state index in [0.717, 1.165) is 18.0 Å². The van der Waals surface area contributed by atoms with Gasteiger partial charge in [0.15, 0.2) is 0 Å². The maximum absolute atomic E-state index is 3.53. The summed E-state index contributed by atoms with van der Waals surface area (Å²) in [5.74, 6) is 0.881. The SMILES string of the molecule is CC(C)N1CCC(N(C)CC2CCCNC2)CC1. The number of nitrogens with one attached hydrogen (secondary N) is 1. The minimum Gasteiger partial charge on any atom is -0.316 e. The van der Waals surface area contributed by atoms with Crippen LogP contribution in [-0.4, -0.2) is 61.7 Å². The molecule has 3 heteroatoms. The highest BCUT2D eigenvalue weighted by Gasteiger charge is 2.25. The second kappa shape index (κ2) is 6.88. The van der Waals surface area contributed by atoms with Crippen LogP contribution in [0.5, 0.6) is 0 Å². The second-order valence-electron chi connectivity index (χ2n) is 6.51. The maximum Gasteiger partial charge on any atom is 0.0117 e. The quantitative estimate of drug-likeness (QED) is 0.824. The van der Waals surface area contributed by atoms with Crippen LogP contribution in [0.2, 0.25) is 0 Å². The molecule has 0 bridgehead atoms. The first-order valence-electron chi connectivity index (χ1n) is 7.82. The molecule has 0 saturated carbocycles. The third kappa shape index (κ3) is 3.94. The zero-order valence-electron chi connectivity index (χ0n) is 12.5. The van der Waals surface area contributed by atoms with Crippen molar-refractivity contribution in [3.63, 3.8) is 0 Å². The number of hydrogen-bond acceptors (Lipinski definition) is 3. The van der Waals surface area contributed by atoms with E-state index in [-0.39, 0.29) is 0 Å². The average molecular weight is 253 g/mol. The van der Waals surface area contributed by atoms with Gasteiger partial charge in [-0.2, -0.15) is 0 Å². The molecule has 2 rings (SSSR count). The van der Waals surface area contributed by atoms with Gasteiger partial charge in [0.2, 0.25) is 0 Å². The first-order chi connectivity index (χ1) is 8.66. The predicted octanol–water partition coefficient (Wildman–Crippen LogP) is 1.79. The Balaban J connectivity index is 1.71. The zero-order valence-corrected chi connectivity index (χ0v) is 12.5. The second-order valence-corrected chi connectivity index (χ2v) is 6.51. The first-order valence-corrected chi connectivity index (χ1v) is 7.82. The molecule has 1 unspecified atom stereocenters. The van der Waals surface area contributed by atoms with E-state index in [1.54, 1.807) is 0 Å². The summed E-state index contributed by atoms with van der Waals surface area (Å²) in [5, 5.41) is 3.53. The standard InChI is InChI=1S/C15H31N3/c1-13(2)18-9-6-15(7-10-18)17(3)12-14-5-4-8-16-11-14/h13-16H,4-12H2,1-3H3. The van der Waals surface area contributed by atoms with Crippen molar-refractivity contribution in [2.45, 2.75) is 51.6 Å². The molecule has 2 aliphatic rings. The molecule has 0 spiro atoms. The highest BCUT2D eigenvalue weighted by atomic mass is 15.2. The number of hydrogen-bond donors (Lipinski definition) is 1. The molecule has 106 valence electrons. The van der Waals surface area contributed by atoms with Gasteiger partial charge in [0.1, 0.15) is 0 Å². The average Bonchev–Trinajstić information content (AvgIpc) is 2.40. The fourth-order valence-corrected chi connectivity index (χ4v) is 3.48. The van der Waals surface area contributed by atoms with Crippen molar-refractivity contribution in [2.75, 3.05) is 39.8 Å². The Hall–Kier alpha value is -0.120. The molecule has 1 atom stereocenters. The smallest absolute Gasteiger partial charge is 0.0117 e. The van der Waals surface area contributed by atoms with E-state index in [4.69, 9.17) is 0 Å². The van der Waals surface area contributed by atoms with Crippen molar-refractivity contribution in [1.82, 2.24) is 15.1 Å². The lowest BCUT2D eigenvalue weighted by atomic mass is 9.96. The van der Waals surface area contributed by atoms with E-state index in [0.29, 0.717) is 0 Å². The van der Waals surface area contributed by atoms with Crippen molar-refractivity contribution >= 4 is 0 Å². The largest absolute Gasteiger partial charge is 0.316 e. The molecule has 18 heavy (non-hydrogen) atoms. The van der Waals surface area contributed by atoms with Gasteiger partial charge in [-0.25, -0.2) is 0 Å². The maximum atomic E-state index is 3.53. The molecule has 3 nitrogen and oxygen atoms in total. The summed E-state index contributed by atoms with van der Waals surface area (Å²) in [6.07, 6.45) is 5.50. The lowest BCUT2D eigenvalue weighted by Gasteiger charge is -2.40. The number of piperidine rings is 2. The third-order valence-corrected chi connectivity index (χ3v) is 4.80. The van der Waals surface area contributed by atoms with Crippen molar-refractivity contribution < 1.29 is 0 Å². The van der Waals surface area contributed by atoms with Gasteiger partial charge in [0, 0.05) is 18.6 Å². The van der Waals surface area contributed by atoms with Crippen LogP contribution in [-0.2, 0) is 0 Å². The molecule has 2 fully saturated rings. The summed E-state index contributed by atoms with van der Waals surface area (Å²) < 4.78 is 0. The number of rotatable bonds is 4. The summed E-state index contributed by atoms with van der Waals surface area (Å²) in [7, 11) is 2.34. The van der Waals surface area contributed by atoms with Gasteiger partial charge >= 0.3 is 0 Å². The van der Waals surface area contributed by atoms with E-state index in [2.05, 4.69) is 36.0 Å². The number of nitrogens with zero attached hydrogens (tertiary/aromatic N) is 2. The molecule has 0 aromatic carbocycles. The van der Waals surface area contributed by atoms with E-state index in [1.165, 1.54) is 58.4 Å². The summed E-state index contributed by atoms with van der Waals surface area (Å²) in [6.45, 7) is 11.0. The molecule has 1 N–H and O–H groups in total. The van der Waals surface area contributed by atoms with Crippen molar-refractivity contribution in [2.24, 2.45) is 5.92 Å².